The number of fused-ring (bicyclic) bond motifs is 1. The molecule has 25 heavy (non-hydrogen) atoms. The van der Waals surface area contributed by atoms with Crippen LogP contribution in [0.3, 0.4) is 0 Å². The SMILES string of the molecule is Cc1[nH]c2ccccc2c1/C=N/n1c(-c2ccc(F)cc2)n[nH]c1=S. The highest BCUT2D eigenvalue weighted by Gasteiger charge is 2.09. The topological polar surface area (TPSA) is 61.8 Å². The molecule has 5 nitrogen and oxygen atoms in total. The van der Waals surface area contributed by atoms with Gasteiger partial charge in [-0.05, 0) is 49.5 Å². The van der Waals surface area contributed by atoms with E-state index in [9.17, 15) is 4.39 Å². The van der Waals surface area contributed by atoms with Crippen LogP contribution in [0.1, 0.15) is 11.3 Å². The van der Waals surface area contributed by atoms with E-state index < -0.39 is 0 Å². The second kappa shape index (κ2) is 6.10. The molecule has 0 radical (unpaired) electrons. The lowest BCUT2D eigenvalue weighted by Crippen LogP contribution is -1.95. The molecule has 124 valence electrons. The summed E-state index contributed by atoms with van der Waals surface area (Å²) < 4.78 is 15.0. The first-order chi connectivity index (χ1) is 12.1. The second-order valence-corrected chi connectivity index (χ2v) is 6.01. The van der Waals surface area contributed by atoms with E-state index in [1.807, 2.05) is 31.2 Å². The van der Waals surface area contributed by atoms with Crippen LogP contribution in [0.15, 0.2) is 53.6 Å². The molecule has 0 atom stereocenters. The third kappa shape index (κ3) is 2.78. The Labute approximate surface area is 147 Å². The zero-order chi connectivity index (χ0) is 17.4. The number of nitrogens with one attached hydrogen (secondary N) is 2. The van der Waals surface area contributed by atoms with Crippen molar-refractivity contribution in [2.75, 3.05) is 0 Å². The van der Waals surface area contributed by atoms with Gasteiger partial charge in [0.05, 0.1) is 6.21 Å². The van der Waals surface area contributed by atoms with Crippen LogP contribution >= 0.6 is 12.2 Å². The van der Waals surface area contributed by atoms with E-state index in [0.717, 1.165) is 27.7 Å². The van der Waals surface area contributed by atoms with Crippen molar-refractivity contribution in [1.29, 1.82) is 0 Å². The average Bonchev–Trinajstić information content (AvgIpc) is 3.13. The standard InChI is InChI=1S/C18H14FN5S/c1-11-15(14-4-2-3-5-16(14)21-11)10-20-24-17(22-23-18(24)25)12-6-8-13(19)9-7-12/h2-10,21H,1H3,(H,23,25)/b20-10+. The van der Waals surface area contributed by atoms with Gasteiger partial charge >= 0.3 is 0 Å². The van der Waals surface area contributed by atoms with Crippen molar-refractivity contribution in [3.05, 3.63) is 70.4 Å². The third-order valence-electron chi connectivity index (χ3n) is 4.00. The molecule has 0 saturated carbocycles. The number of hydrogen-bond donors (Lipinski definition) is 2. The van der Waals surface area contributed by atoms with E-state index in [1.165, 1.54) is 16.8 Å². The van der Waals surface area contributed by atoms with Crippen LogP contribution in [0.25, 0.3) is 22.3 Å². The van der Waals surface area contributed by atoms with Crippen molar-refractivity contribution in [2.45, 2.75) is 6.92 Å². The van der Waals surface area contributed by atoms with Gasteiger partial charge in [-0.3, -0.25) is 0 Å². The van der Waals surface area contributed by atoms with E-state index >= 15 is 0 Å². The molecule has 0 fully saturated rings. The first kappa shape index (κ1) is 15.5. The first-order valence-corrected chi connectivity index (χ1v) is 8.09. The summed E-state index contributed by atoms with van der Waals surface area (Å²) >= 11 is 5.27. The molecule has 0 amide bonds. The van der Waals surface area contributed by atoms with Crippen LogP contribution in [0, 0.1) is 17.5 Å². The molecule has 4 rings (SSSR count). The van der Waals surface area contributed by atoms with Crippen molar-refractivity contribution in [3.63, 3.8) is 0 Å². The molecule has 7 heteroatoms. The largest absolute Gasteiger partial charge is 0.358 e. The Kier molecular flexibility index (Phi) is 3.77. The molecule has 0 spiro atoms. The van der Waals surface area contributed by atoms with Crippen LogP contribution < -0.4 is 0 Å². The predicted octanol–water partition coefficient (Wildman–Crippen LogP) is 4.42. The van der Waals surface area contributed by atoms with E-state index in [0.29, 0.717) is 10.6 Å². The molecule has 0 bridgehead atoms. The minimum absolute atomic E-state index is 0.303. The number of H-pyrrole nitrogens is 2. The molecule has 0 aliphatic heterocycles. The number of hydrogen-bond acceptors (Lipinski definition) is 3. The number of nitrogens with zero attached hydrogens (tertiary/aromatic N) is 3. The van der Waals surface area contributed by atoms with Gasteiger partial charge < -0.3 is 4.98 Å². The van der Waals surface area contributed by atoms with Crippen LogP contribution in [-0.4, -0.2) is 26.1 Å². The summed E-state index contributed by atoms with van der Waals surface area (Å²) in [6, 6.07) is 14.1. The Morgan fingerprint density at radius 1 is 1.16 bits per heavy atom. The minimum Gasteiger partial charge on any atom is -0.358 e. The minimum atomic E-state index is -0.303. The Morgan fingerprint density at radius 3 is 2.72 bits per heavy atom. The second-order valence-electron chi connectivity index (χ2n) is 5.62. The van der Waals surface area contributed by atoms with Crippen molar-refractivity contribution in [2.24, 2.45) is 5.10 Å². The van der Waals surface area contributed by atoms with Gasteiger partial charge in [-0.2, -0.15) is 14.9 Å². The zero-order valence-electron chi connectivity index (χ0n) is 13.3. The first-order valence-electron chi connectivity index (χ1n) is 7.68. The number of aromatic nitrogens is 4. The maximum absolute atomic E-state index is 13.1. The molecule has 0 aliphatic rings. The molecular weight excluding hydrogens is 337 g/mol. The summed E-state index contributed by atoms with van der Waals surface area (Å²) in [6.07, 6.45) is 1.76. The van der Waals surface area contributed by atoms with Crippen LogP contribution in [0.2, 0.25) is 0 Å². The number of halogens is 1. The number of para-hydroxylation sites is 1. The lowest BCUT2D eigenvalue weighted by Gasteiger charge is -2.01. The summed E-state index contributed by atoms with van der Waals surface area (Å²) in [5.41, 5.74) is 3.78. The van der Waals surface area contributed by atoms with Crippen molar-refractivity contribution < 1.29 is 4.39 Å². The van der Waals surface area contributed by atoms with Gasteiger partial charge in [0.1, 0.15) is 5.82 Å². The third-order valence-corrected chi connectivity index (χ3v) is 4.26. The molecule has 0 unspecified atom stereocenters. The Bertz CT molecular complexity index is 1130. The summed E-state index contributed by atoms with van der Waals surface area (Å²) in [6.45, 7) is 2.00. The van der Waals surface area contributed by atoms with Gasteiger partial charge in [0, 0.05) is 27.7 Å². The Morgan fingerprint density at radius 2 is 1.92 bits per heavy atom. The van der Waals surface area contributed by atoms with Gasteiger partial charge in [-0.25, -0.2) is 9.49 Å². The van der Waals surface area contributed by atoms with E-state index in [-0.39, 0.29) is 5.82 Å². The van der Waals surface area contributed by atoms with Crippen LogP contribution in [0.5, 0.6) is 0 Å². The number of rotatable bonds is 3. The summed E-state index contributed by atoms with van der Waals surface area (Å²) in [4.78, 5) is 3.33. The van der Waals surface area contributed by atoms with E-state index in [4.69, 9.17) is 12.2 Å². The lowest BCUT2D eigenvalue weighted by atomic mass is 10.1. The average molecular weight is 351 g/mol. The number of aryl methyl sites for hydroxylation is 1. The highest BCUT2D eigenvalue weighted by molar-refractivity contribution is 7.71. The molecule has 4 aromatic rings. The quantitative estimate of drug-likeness (QED) is 0.424. The van der Waals surface area contributed by atoms with E-state index in [1.54, 1.807) is 18.3 Å². The molecular formula is C18H14FN5S. The van der Waals surface area contributed by atoms with Crippen molar-refractivity contribution in [1.82, 2.24) is 19.9 Å². The van der Waals surface area contributed by atoms with Crippen LogP contribution in [-0.2, 0) is 0 Å². The maximum Gasteiger partial charge on any atom is 0.216 e. The van der Waals surface area contributed by atoms with E-state index in [2.05, 4.69) is 20.3 Å². The molecule has 2 heterocycles. The van der Waals surface area contributed by atoms with Crippen molar-refractivity contribution in [3.8, 4) is 11.4 Å². The van der Waals surface area contributed by atoms with Gasteiger partial charge in [0.15, 0.2) is 5.82 Å². The molecule has 2 aromatic carbocycles. The predicted molar refractivity (Wildman–Crippen MR) is 98.8 cm³/mol. The van der Waals surface area contributed by atoms with Gasteiger partial charge in [-0.1, -0.05) is 18.2 Å². The summed E-state index contributed by atoms with van der Waals surface area (Å²) in [5, 5.41) is 12.5. The molecule has 2 aromatic heterocycles. The number of aromatic amines is 2. The van der Waals surface area contributed by atoms with Gasteiger partial charge in [-0.15, -0.1) is 0 Å². The highest BCUT2D eigenvalue weighted by Crippen LogP contribution is 2.21. The summed E-state index contributed by atoms with van der Waals surface area (Å²) in [5.74, 6) is 0.223. The monoisotopic (exact) mass is 351 g/mol. The summed E-state index contributed by atoms with van der Waals surface area (Å²) in [7, 11) is 0. The molecule has 0 saturated heterocycles. The van der Waals surface area contributed by atoms with Crippen LogP contribution in [0.4, 0.5) is 4.39 Å². The number of benzene rings is 2. The van der Waals surface area contributed by atoms with Gasteiger partial charge in [0.2, 0.25) is 4.77 Å². The Balaban J connectivity index is 1.79. The fourth-order valence-corrected chi connectivity index (χ4v) is 2.94. The van der Waals surface area contributed by atoms with Crippen molar-refractivity contribution >= 4 is 29.3 Å². The lowest BCUT2D eigenvalue weighted by molar-refractivity contribution is 0.628. The Hall–Kier alpha value is -3.06. The smallest absolute Gasteiger partial charge is 0.216 e. The fraction of sp³-hybridized carbons (Fsp3) is 0.0556. The van der Waals surface area contributed by atoms with Gasteiger partial charge in [0.25, 0.3) is 0 Å². The zero-order valence-corrected chi connectivity index (χ0v) is 14.1. The molecule has 2 N–H and O–H groups in total. The maximum atomic E-state index is 13.1. The molecule has 0 aliphatic carbocycles. The fourth-order valence-electron chi connectivity index (χ4n) is 2.76. The highest BCUT2D eigenvalue weighted by atomic mass is 32.1. The normalized spacial score (nSPS) is 11.6.